The molecule has 4 nitrogen and oxygen atoms in total. The lowest BCUT2D eigenvalue weighted by molar-refractivity contribution is 0.0682. The summed E-state index contributed by atoms with van der Waals surface area (Å²) in [6.45, 7) is 0.818. The topological polar surface area (TPSA) is 39.1 Å². The fraction of sp³-hybridized carbons (Fsp3) is 0.471. The van der Waals surface area contributed by atoms with E-state index in [2.05, 4.69) is 40.9 Å². The Labute approximate surface area is 126 Å². The summed E-state index contributed by atoms with van der Waals surface area (Å²) < 4.78 is 7.40. The third kappa shape index (κ3) is 3.85. The van der Waals surface area contributed by atoms with Crippen molar-refractivity contribution in [1.29, 1.82) is 0 Å². The molecule has 1 aromatic carbocycles. The largest absolute Gasteiger partial charge is 0.381 e. The van der Waals surface area contributed by atoms with Crippen LogP contribution in [0.15, 0.2) is 42.7 Å². The monoisotopic (exact) mass is 285 g/mol. The van der Waals surface area contributed by atoms with E-state index in [4.69, 9.17) is 4.74 Å². The molecule has 0 unspecified atom stereocenters. The van der Waals surface area contributed by atoms with Crippen LogP contribution in [0, 0.1) is 0 Å². The summed E-state index contributed by atoms with van der Waals surface area (Å²) >= 11 is 0. The molecule has 0 radical (unpaired) electrons. The van der Waals surface area contributed by atoms with E-state index in [9.17, 15) is 0 Å². The first kappa shape index (κ1) is 14.1. The van der Waals surface area contributed by atoms with Gasteiger partial charge in [0, 0.05) is 19.3 Å². The van der Waals surface area contributed by atoms with Crippen molar-refractivity contribution in [2.24, 2.45) is 0 Å². The van der Waals surface area contributed by atoms with Crippen LogP contribution >= 0.6 is 0 Å². The van der Waals surface area contributed by atoms with Gasteiger partial charge in [0.05, 0.1) is 24.5 Å². The second-order valence-electron chi connectivity index (χ2n) is 5.77. The first-order valence-corrected chi connectivity index (χ1v) is 7.69. The van der Waals surface area contributed by atoms with Gasteiger partial charge in [-0.15, -0.1) is 0 Å². The van der Waals surface area contributed by atoms with Crippen molar-refractivity contribution >= 4 is 5.69 Å². The quantitative estimate of drug-likeness (QED) is 0.916. The molecule has 1 aliphatic rings. The van der Waals surface area contributed by atoms with E-state index in [1.807, 2.05) is 24.1 Å². The van der Waals surface area contributed by atoms with E-state index < -0.39 is 0 Å². The summed E-state index contributed by atoms with van der Waals surface area (Å²) in [7, 11) is 1.81. The molecule has 4 heteroatoms. The molecule has 1 fully saturated rings. The van der Waals surface area contributed by atoms with E-state index in [-0.39, 0.29) is 0 Å². The molecule has 0 bridgehead atoms. The van der Waals surface area contributed by atoms with Crippen LogP contribution in [0.5, 0.6) is 0 Å². The smallest absolute Gasteiger partial charge is 0.0728 e. The van der Waals surface area contributed by atoms with E-state index in [0.29, 0.717) is 12.1 Å². The van der Waals surface area contributed by atoms with Crippen LogP contribution in [0.1, 0.15) is 31.2 Å². The van der Waals surface area contributed by atoms with Crippen LogP contribution in [0.2, 0.25) is 0 Å². The zero-order valence-electron chi connectivity index (χ0n) is 12.5. The lowest BCUT2D eigenvalue weighted by atomic mass is 9.93. The highest BCUT2D eigenvalue weighted by Crippen LogP contribution is 2.23. The standard InChI is InChI=1S/C17H23N3O/c1-21-17-9-7-15(8-10-17)19-16-11-18-20(13-16)12-14-5-3-2-4-6-14/h2-6,11,13,15,17,19H,7-10,12H2,1H3. The van der Waals surface area contributed by atoms with Crippen LogP contribution < -0.4 is 5.32 Å². The molecule has 21 heavy (non-hydrogen) atoms. The highest BCUT2D eigenvalue weighted by molar-refractivity contribution is 5.39. The SMILES string of the molecule is COC1CCC(Nc2cnn(Cc3ccccc3)c2)CC1. The maximum absolute atomic E-state index is 5.42. The fourth-order valence-electron chi connectivity index (χ4n) is 2.97. The summed E-state index contributed by atoms with van der Waals surface area (Å²) in [5, 5.41) is 8.03. The van der Waals surface area contributed by atoms with E-state index in [1.165, 1.54) is 18.4 Å². The first-order valence-electron chi connectivity index (χ1n) is 7.69. The number of nitrogens with zero attached hydrogens (tertiary/aromatic N) is 2. The Morgan fingerprint density at radius 2 is 1.95 bits per heavy atom. The van der Waals surface area contributed by atoms with Crippen LogP contribution in [0.25, 0.3) is 0 Å². The molecule has 3 rings (SSSR count). The van der Waals surface area contributed by atoms with Crippen molar-refractivity contribution in [3.05, 3.63) is 48.3 Å². The van der Waals surface area contributed by atoms with Crippen LogP contribution in [-0.2, 0) is 11.3 Å². The van der Waals surface area contributed by atoms with Crippen LogP contribution in [-0.4, -0.2) is 29.0 Å². The number of ether oxygens (including phenoxy) is 1. The first-order chi connectivity index (χ1) is 10.3. The number of aromatic nitrogens is 2. The Balaban J connectivity index is 1.53. The molecule has 0 aliphatic heterocycles. The van der Waals surface area contributed by atoms with Gasteiger partial charge < -0.3 is 10.1 Å². The van der Waals surface area contributed by atoms with Crippen molar-refractivity contribution in [1.82, 2.24) is 9.78 Å². The normalized spacial score (nSPS) is 22.1. The van der Waals surface area contributed by atoms with Gasteiger partial charge in [-0.1, -0.05) is 30.3 Å². The zero-order chi connectivity index (χ0) is 14.5. The minimum absolute atomic E-state index is 0.448. The third-order valence-electron chi connectivity index (χ3n) is 4.20. The van der Waals surface area contributed by atoms with Gasteiger partial charge >= 0.3 is 0 Å². The van der Waals surface area contributed by atoms with Crippen LogP contribution in [0.4, 0.5) is 5.69 Å². The predicted octanol–water partition coefficient (Wildman–Crippen LogP) is 3.30. The number of methoxy groups -OCH3 is 1. The Kier molecular flexibility index (Phi) is 4.55. The molecule has 1 N–H and O–H groups in total. The van der Waals surface area contributed by atoms with Gasteiger partial charge in [0.15, 0.2) is 0 Å². The summed E-state index contributed by atoms with van der Waals surface area (Å²) in [4.78, 5) is 0. The maximum atomic E-state index is 5.42. The maximum Gasteiger partial charge on any atom is 0.0728 e. The van der Waals surface area contributed by atoms with Gasteiger partial charge in [0.1, 0.15) is 0 Å². The van der Waals surface area contributed by atoms with E-state index in [1.54, 1.807) is 0 Å². The van der Waals surface area contributed by atoms with Gasteiger partial charge in [-0.25, -0.2) is 0 Å². The molecule has 2 aromatic rings. The minimum atomic E-state index is 0.448. The van der Waals surface area contributed by atoms with Gasteiger partial charge in [0.25, 0.3) is 0 Å². The summed E-state index contributed by atoms with van der Waals surface area (Å²) in [6.07, 6.45) is 9.09. The molecule has 1 aromatic heterocycles. The Morgan fingerprint density at radius 1 is 1.19 bits per heavy atom. The summed E-state index contributed by atoms with van der Waals surface area (Å²) in [5.41, 5.74) is 2.39. The zero-order valence-corrected chi connectivity index (χ0v) is 12.5. The molecule has 0 saturated heterocycles. The third-order valence-corrected chi connectivity index (χ3v) is 4.20. The molecule has 112 valence electrons. The van der Waals surface area contributed by atoms with Crippen molar-refractivity contribution in [3.63, 3.8) is 0 Å². The van der Waals surface area contributed by atoms with Gasteiger partial charge in [-0.3, -0.25) is 4.68 Å². The molecule has 1 saturated carbocycles. The number of rotatable bonds is 5. The van der Waals surface area contributed by atoms with Gasteiger partial charge in [-0.05, 0) is 31.2 Å². The molecule has 1 aliphatic carbocycles. The van der Waals surface area contributed by atoms with E-state index in [0.717, 1.165) is 25.1 Å². The predicted molar refractivity (Wildman–Crippen MR) is 84.4 cm³/mol. The van der Waals surface area contributed by atoms with Crippen molar-refractivity contribution < 1.29 is 4.74 Å². The lowest BCUT2D eigenvalue weighted by Gasteiger charge is -2.28. The second-order valence-corrected chi connectivity index (χ2v) is 5.77. The summed E-state index contributed by atoms with van der Waals surface area (Å²) in [5.74, 6) is 0. The molecule has 1 heterocycles. The van der Waals surface area contributed by atoms with Gasteiger partial charge in [0.2, 0.25) is 0 Å². The number of anilines is 1. The highest BCUT2D eigenvalue weighted by Gasteiger charge is 2.20. The Bertz CT molecular complexity index is 544. The molecular weight excluding hydrogens is 262 g/mol. The van der Waals surface area contributed by atoms with Crippen molar-refractivity contribution in [3.8, 4) is 0 Å². The number of benzene rings is 1. The van der Waals surface area contributed by atoms with Crippen molar-refractivity contribution in [2.75, 3.05) is 12.4 Å². The lowest BCUT2D eigenvalue weighted by Crippen LogP contribution is -2.29. The Morgan fingerprint density at radius 3 is 2.67 bits per heavy atom. The number of hydrogen-bond acceptors (Lipinski definition) is 3. The molecule has 0 atom stereocenters. The van der Waals surface area contributed by atoms with Crippen molar-refractivity contribution in [2.45, 2.75) is 44.4 Å². The minimum Gasteiger partial charge on any atom is -0.381 e. The van der Waals surface area contributed by atoms with Gasteiger partial charge in [-0.2, -0.15) is 5.10 Å². The van der Waals surface area contributed by atoms with Crippen LogP contribution in [0.3, 0.4) is 0 Å². The second kappa shape index (κ2) is 6.76. The fourth-order valence-corrected chi connectivity index (χ4v) is 2.97. The number of hydrogen-bond donors (Lipinski definition) is 1. The summed E-state index contributed by atoms with van der Waals surface area (Å²) in [6, 6.07) is 11.0. The average Bonchev–Trinajstić information content (AvgIpc) is 2.96. The Hall–Kier alpha value is -1.81. The molecule has 0 amide bonds. The molecular formula is C17H23N3O. The highest BCUT2D eigenvalue weighted by atomic mass is 16.5. The average molecular weight is 285 g/mol. The number of nitrogens with one attached hydrogen (secondary N) is 1. The van der Waals surface area contributed by atoms with E-state index >= 15 is 0 Å². The molecule has 0 spiro atoms.